The molecule has 0 amide bonds. The van der Waals surface area contributed by atoms with Gasteiger partial charge < -0.3 is 15.1 Å². The molecule has 0 bridgehead atoms. The molecule has 0 saturated heterocycles. The van der Waals surface area contributed by atoms with E-state index >= 15 is 0 Å². The number of hydrogen-bond acceptors (Lipinski definition) is 5. The van der Waals surface area contributed by atoms with Crippen LogP contribution in [0.15, 0.2) is 18.2 Å². The van der Waals surface area contributed by atoms with Crippen LogP contribution in [0.4, 0.5) is 5.69 Å². The van der Waals surface area contributed by atoms with Gasteiger partial charge in [-0.05, 0) is 23.8 Å². The minimum Gasteiger partial charge on any atom is -0.396 e. The Labute approximate surface area is 110 Å². The van der Waals surface area contributed by atoms with E-state index in [1.54, 1.807) is 18.2 Å². The van der Waals surface area contributed by atoms with Crippen molar-refractivity contribution in [2.24, 2.45) is 0 Å². The van der Waals surface area contributed by atoms with Gasteiger partial charge in [-0.3, -0.25) is 0 Å². The second kappa shape index (κ2) is 7.20. The van der Waals surface area contributed by atoms with Crippen LogP contribution in [0.5, 0.6) is 0 Å². The van der Waals surface area contributed by atoms with E-state index in [0.29, 0.717) is 10.7 Å². The van der Waals surface area contributed by atoms with E-state index in [1.165, 1.54) is 0 Å². The largest absolute Gasteiger partial charge is 0.396 e. The molecular weight excluding hydrogens is 258 g/mol. The maximum atomic E-state index is 11.1. The van der Waals surface area contributed by atoms with Crippen LogP contribution in [0, 0.1) is 0 Å². The first kappa shape index (κ1) is 14.8. The monoisotopic (exact) mass is 273 g/mol. The molecule has 0 radical (unpaired) electrons. The molecule has 0 heterocycles. The predicted molar refractivity (Wildman–Crippen MR) is 68.4 cm³/mol. The third-order valence-corrected chi connectivity index (χ3v) is 2.64. The van der Waals surface area contributed by atoms with Crippen LogP contribution in [0.1, 0.15) is 24.8 Å². The first-order valence-corrected chi connectivity index (χ1v) is 5.93. The van der Waals surface area contributed by atoms with Crippen LogP contribution in [-0.4, -0.2) is 29.4 Å². The summed E-state index contributed by atoms with van der Waals surface area (Å²) in [6.07, 6.45) is -0.0779. The molecule has 5 nitrogen and oxygen atoms in total. The maximum Gasteiger partial charge on any atom is 0.334 e. The summed E-state index contributed by atoms with van der Waals surface area (Å²) in [5.74, 6) is -0.696. The number of halogens is 1. The van der Waals surface area contributed by atoms with Crippen LogP contribution in [0.3, 0.4) is 0 Å². The Kier molecular flexibility index (Phi) is 5.91. The lowest BCUT2D eigenvalue weighted by molar-refractivity contribution is -0.141. The summed E-state index contributed by atoms with van der Waals surface area (Å²) in [5, 5.41) is 18.3. The number of aliphatic hydroxyl groups is 2. The maximum absolute atomic E-state index is 11.1. The van der Waals surface area contributed by atoms with Gasteiger partial charge in [0.1, 0.15) is 0 Å². The average molecular weight is 274 g/mol. The molecule has 0 aliphatic carbocycles. The van der Waals surface area contributed by atoms with Gasteiger partial charge in [0, 0.05) is 17.5 Å². The Morgan fingerprint density at radius 1 is 1.50 bits per heavy atom. The Bertz CT molecular complexity index is 411. The van der Waals surface area contributed by atoms with Gasteiger partial charge in [0.25, 0.3) is 0 Å². The highest BCUT2D eigenvalue weighted by Crippen LogP contribution is 2.27. The third kappa shape index (κ3) is 4.18. The minimum atomic E-state index is -0.560. The van der Waals surface area contributed by atoms with E-state index in [2.05, 4.69) is 5.48 Å². The Morgan fingerprint density at radius 3 is 2.83 bits per heavy atom. The highest BCUT2D eigenvalue weighted by molar-refractivity contribution is 6.30. The van der Waals surface area contributed by atoms with Crippen molar-refractivity contribution in [2.45, 2.75) is 19.3 Å². The van der Waals surface area contributed by atoms with Crippen molar-refractivity contribution in [3.05, 3.63) is 28.8 Å². The second-order valence-corrected chi connectivity index (χ2v) is 4.30. The lowest BCUT2D eigenvalue weighted by Crippen LogP contribution is -2.13. The molecule has 0 aliphatic heterocycles. The zero-order valence-corrected chi connectivity index (χ0v) is 10.8. The smallest absolute Gasteiger partial charge is 0.334 e. The number of carbonyl (C=O) groups excluding carboxylic acids is 1. The molecule has 1 aromatic rings. The molecule has 18 heavy (non-hydrogen) atoms. The van der Waals surface area contributed by atoms with Gasteiger partial charge in [0.2, 0.25) is 0 Å². The van der Waals surface area contributed by atoms with E-state index in [9.17, 15) is 4.79 Å². The van der Waals surface area contributed by atoms with Crippen molar-refractivity contribution < 1.29 is 19.8 Å². The summed E-state index contributed by atoms with van der Waals surface area (Å²) in [6, 6.07) is 5.01. The van der Waals surface area contributed by atoms with Gasteiger partial charge in [-0.2, -0.15) is 0 Å². The summed E-state index contributed by atoms with van der Waals surface area (Å²) in [7, 11) is 0. The number of benzene rings is 1. The van der Waals surface area contributed by atoms with Gasteiger partial charge >= 0.3 is 5.97 Å². The highest BCUT2D eigenvalue weighted by atomic mass is 35.5. The molecule has 0 saturated carbocycles. The van der Waals surface area contributed by atoms with Gasteiger partial charge in [-0.15, -0.1) is 0 Å². The molecule has 0 aliphatic rings. The fraction of sp³-hybridized carbons (Fsp3) is 0.417. The number of nitrogens with one attached hydrogen (secondary N) is 1. The molecule has 0 spiro atoms. The first-order chi connectivity index (χ1) is 8.58. The molecule has 1 unspecified atom stereocenters. The molecule has 3 N–H and O–H groups in total. The molecule has 0 fully saturated rings. The number of anilines is 1. The van der Waals surface area contributed by atoms with Crippen molar-refractivity contribution in [3.8, 4) is 0 Å². The minimum absolute atomic E-state index is 0.0421. The summed E-state index contributed by atoms with van der Waals surface area (Å²) in [5.41, 5.74) is 3.82. The molecular formula is C12H16ClNO4. The quantitative estimate of drug-likeness (QED) is 0.688. The Hall–Kier alpha value is -1.30. The summed E-state index contributed by atoms with van der Waals surface area (Å²) >= 11 is 5.88. The van der Waals surface area contributed by atoms with Crippen molar-refractivity contribution in [2.75, 3.05) is 18.7 Å². The van der Waals surface area contributed by atoms with E-state index in [0.717, 1.165) is 5.56 Å². The normalized spacial score (nSPS) is 12.0. The van der Waals surface area contributed by atoms with E-state index in [1.807, 2.05) is 6.92 Å². The van der Waals surface area contributed by atoms with Gasteiger partial charge in [0.15, 0.2) is 0 Å². The molecule has 1 rings (SSSR count). The molecule has 6 heteroatoms. The molecule has 1 atom stereocenters. The second-order valence-electron chi connectivity index (χ2n) is 3.86. The zero-order chi connectivity index (χ0) is 13.5. The van der Waals surface area contributed by atoms with E-state index < -0.39 is 5.97 Å². The number of hydrogen-bond donors (Lipinski definition) is 3. The van der Waals surface area contributed by atoms with Crippen molar-refractivity contribution in [3.63, 3.8) is 0 Å². The predicted octanol–water partition coefficient (Wildman–Crippen LogP) is 1.69. The van der Waals surface area contributed by atoms with Crippen LogP contribution in [0.2, 0.25) is 5.02 Å². The van der Waals surface area contributed by atoms with Crippen LogP contribution in [0.25, 0.3) is 0 Å². The van der Waals surface area contributed by atoms with E-state index in [4.69, 9.17) is 26.7 Å². The summed E-state index contributed by atoms with van der Waals surface area (Å²) < 4.78 is 0. The average Bonchev–Trinajstić information content (AvgIpc) is 2.36. The number of aliphatic hydroxyl groups excluding tert-OH is 2. The molecule has 0 aromatic heterocycles. The summed E-state index contributed by atoms with van der Waals surface area (Å²) in [6.45, 7) is 1.52. The Morgan fingerprint density at radius 2 is 2.22 bits per heavy atom. The topological polar surface area (TPSA) is 78.8 Å². The standard InChI is InChI=1S/C12H16ClNO4/c1-8(7-16)10-6-9(13)2-3-11(10)14-18-12(17)4-5-15/h2-3,6,8,14-16H,4-5,7H2,1H3. The molecule has 1 aromatic carbocycles. The SMILES string of the molecule is CC(CO)c1cc(Cl)ccc1NOC(=O)CCO. The van der Waals surface area contributed by atoms with Crippen molar-refractivity contribution in [1.82, 2.24) is 0 Å². The number of carbonyl (C=O) groups is 1. The molecule has 100 valence electrons. The lowest BCUT2D eigenvalue weighted by atomic mass is 10.0. The summed E-state index contributed by atoms with van der Waals surface area (Å²) in [4.78, 5) is 15.9. The van der Waals surface area contributed by atoms with Gasteiger partial charge in [-0.25, -0.2) is 10.3 Å². The fourth-order valence-corrected chi connectivity index (χ4v) is 1.57. The Balaban J connectivity index is 2.78. The van der Waals surface area contributed by atoms with Crippen molar-refractivity contribution >= 4 is 23.3 Å². The lowest BCUT2D eigenvalue weighted by Gasteiger charge is -2.15. The highest BCUT2D eigenvalue weighted by Gasteiger charge is 2.12. The zero-order valence-electron chi connectivity index (χ0n) is 10.0. The van der Waals surface area contributed by atoms with Crippen LogP contribution in [-0.2, 0) is 9.63 Å². The fourth-order valence-electron chi connectivity index (χ4n) is 1.39. The van der Waals surface area contributed by atoms with Crippen molar-refractivity contribution in [1.29, 1.82) is 0 Å². The van der Waals surface area contributed by atoms with Gasteiger partial charge in [-0.1, -0.05) is 18.5 Å². The van der Waals surface area contributed by atoms with Gasteiger partial charge in [0.05, 0.1) is 18.7 Å². The van der Waals surface area contributed by atoms with Crippen LogP contribution < -0.4 is 5.48 Å². The number of rotatable bonds is 6. The van der Waals surface area contributed by atoms with E-state index in [-0.39, 0.29) is 25.6 Å². The van der Waals surface area contributed by atoms with Crippen LogP contribution >= 0.6 is 11.6 Å². The third-order valence-electron chi connectivity index (χ3n) is 2.41. The first-order valence-electron chi connectivity index (χ1n) is 5.55.